The van der Waals surface area contributed by atoms with Gasteiger partial charge in [0.15, 0.2) is 0 Å². The zero-order valence-corrected chi connectivity index (χ0v) is 9.83. The van der Waals surface area contributed by atoms with Crippen molar-refractivity contribution < 1.29 is 9.50 Å². The van der Waals surface area contributed by atoms with E-state index < -0.39 is 11.4 Å². The van der Waals surface area contributed by atoms with Crippen molar-refractivity contribution in [1.29, 1.82) is 0 Å². The summed E-state index contributed by atoms with van der Waals surface area (Å²) >= 11 is 0. The van der Waals surface area contributed by atoms with E-state index in [9.17, 15) is 9.50 Å². The molecule has 2 N–H and O–H groups in total. The Hall–Kier alpha value is -1.00. The molecular weight excluding hydrogens is 207 g/mol. The zero-order chi connectivity index (χ0) is 12.0. The van der Waals surface area contributed by atoms with E-state index in [1.807, 2.05) is 0 Å². The molecule has 1 rings (SSSR count). The Balaban J connectivity index is 2.59. The van der Waals surface area contributed by atoms with Gasteiger partial charge in [-0.05, 0) is 38.9 Å². The Labute approximate surface area is 95.7 Å². The van der Waals surface area contributed by atoms with E-state index in [4.69, 9.17) is 0 Å². The number of rotatable bonds is 6. The molecule has 1 atom stereocenters. The van der Waals surface area contributed by atoms with Crippen molar-refractivity contribution in [1.82, 2.24) is 10.3 Å². The molecule has 0 spiro atoms. The van der Waals surface area contributed by atoms with Crippen LogP contribution in [0.5, 0.6) is 0 Å². The number of aliphatic hydroxyl groups is 1. The van der Waals surface area contributed by atoms with Crippen molar-refractivity contribution in [2.24, 2.45) is 0 Å². The van der Waals surface area contributed by atoms with Crippen LogP contribution in [0.4, 0.5) is 4.39 Å². The lowest BCUT2D eigenvalue weighted by Gasteiger charge is -2.24. The summed E-state index contributed by atoms with van der Waals surface area (Å²) in [6, 6.07) is 1.52. The molecule has 0 aliphatic heterocycles. The molecule has 3 nitrogen and oxygen atoms in total. The minimum atomic E-state index is -1.15. The maximum absolute atomic E-state index is 13.4. The fourth-order valence-electron chi connectivity index (χ4n) is 1.58. The van der Waals surface area contributed by atoms with Crippen LogP contribution in [0.25, 0.3) is 0 Å². The molecular formula is C12H19FN2O. The number of aromatic nitrogens is 1. The summed E-state index contributed by atoms with van der Waals surface area (Å²) in [5, 5.41) is 13.3. The summed E-state index contributed by atoms with van der Waals surface area (Å²) in [5.41, 5.74) is -0.839. The van der Waals surface area contributed by atoms with E-state index in [0.717, 1.165) is 19.2 Å². The van der Waals surface area contributed by atoms with Gasteiger partial charge in [-0.15, -0.1) is 0 Å². The monoisotopic (exact) mass is 226 g/mol. The molecule has 0 aliphatic carbocycles. The van der Waals surface area contributed by atoms with Crippen LogP contribution in [0.3, 0.4) is 0 Å². The molecule has 1 heterocycles. The van der Waals surface area contributed by atoms with Crippen LogP contribution in [0.15, 0.2) is 18.5 Å². The maximum Gasteiger partial charge on any atom is 0.147 e. The van der Waals surface area contributed by atoms with E-state index >= 15 is 0 Å². The number of hydrogen-bond acceptors (Lipinski definition) is 3. The normalized spacial score (nSPS) is 14.8. The second-order valence-electron chi connectivity index (χ2n) is 4.13. The van der Waals surface area contributed by atoms with Gasteiger partial charge in [0.05, 0.1) is 11.8 Å². The molecule has 0 saturated heterocycles. The number of pyridine rings is 1. The van der Waals surface area contributed by atoms with Gasteiger partial charge in [-0.3, -0.25) is 4.98 Å². The fraction of sp³-hybridized carbons (Fsp3) is 0.583. The van der Waals surface area contributed by atoms with Crippen LogP contribution in [0.2, 0.25) is 0 Å². The highest BCUT2D eigenvalue weighted by atomic mass is 19.1. The maximum atomic E-state index is 13.4. The average molecular weight is 226 g/mol. The lowest BCUT2D eigenvalue weighted by molar-refractivity contribution is 0.0442. The number of nitrogens with zero attached hydrogens (tertiary/aromatic N) is 1. The molecule has 0 aliphatic rings. The van der Waals surface area contributed by atoms with Crippen LogP contribution >= 0.6 is 0 Å². The van der Waals surface area contributed by atoms with Gasteiger partial charge in [-0.25, -0.2) is 4.39 Å². The smallest absolute Gasteiger partial charge is 0.147 e. The van der Waals surface area contributed by atoms with Gasteiger partial charge >= 0.3 is 0 Å². The first-order chi connectivity index (χ1) is 7.58. The summed E-state index contributed by atoms with van der Waals surface area (Å²) in [7, 11) is 0. The second kappa shape index (κ2) is 5.92. The quantitative estimate of drug-likeness (QED) is 0.727. The molecule has 0 fully saturated rings. The Morgan fingerprint density at radius 1 is 1.50 bits per heavy atom. The van der Waals surface area contributed by atoms with Crippen molar-refractivity contribution >= 4 is 0 Å². The van der Waals surface area contributed by atoms with E-state index in [2.05, 4.69) is 17.2 Å². The van der Waals surface area contributed by atoms with E-state index in [-0.39, 0.29) is 0 Å². The summed E-state index contributed by atoms with van der Waals surface area (Å²) in [4.78, 5) is 3.67. The van der Waals surface area contributed by atoms with Gasteiger partial charge in [0.2, 0.25) is 0 Å². The van der Waals surface area contributed by atoms with Crippen LogP contribution in [-0.4, -0.2) is 23.2 Å². The summed E-state index contributed by atoms with van der Waals surface area (Å²) in [5.74, 6) is -0.456. The van der Waals surface area contributed by atoms with Crippen LogP contribution < -0.4 is 5.32 Å². The van der Waals surface area contributed by atoms with Gasteiger partial charge in [0, 0.05) is 11.8 Å². The Morgan fingerprint density at radius 2 is 2.25 bits per heavy atom. The minimum absolute atomic E-state index is 0.306. The molecule has 90 valence electrons. The highest BCUT2D eigenvalue weighted by molar-refractivity contribution is 5.20. The predicted octanol–water partition coefficient (Wildman–Crippen LogP) is 1.82. The topological polar surface area (TPSA) is 45.1 Å². The summed E-state index contributed by atoms with van der Waals surface area (Å²) in [6.45, 7) is 5.28. The van der Waals surface area contributed by atoms with Gasteiger partial charge in [-0.1, -0.05) is 6.92 Å². The van der Waals surface area contributed by atoms with E-state index in [1.54, 1.807) is 6.92 Å². The minimum Gasteiger partial charge on any atom is -0.385 e. The molecule has 0 amide bonds. The number of hydrogen-bond donors (Lipinski definition) is 2. The molecule has 1 aromatic heterocycles. The SMILES string of the molecule is CCCNCCC(C)(O)c1ccncc1F. The zero-order valence-electron chi connectivity index (χ0n) is 9.83. The van der Waals surface area contributed by atoms with Gasteiger partial charge in [-0.2, -0.15) is 0 Å². The molecule has 4 heteroatoms. The first-order valence-corrected chi connectivity index (χ1v) is 5.61. The van der Waals surface area contributed by atoms with E-state index in [0.29, 0.717) is 18.5 Å². The second-order valence-corrected chi connectivity index (χ2v) is 4.13. The van der Waals surface area contributed by atoms with Crippen molar-refractivity contribution in [3.05, 3.63) is 29.8 Å². The molecule has 1 aromatic rings. The predicted molar refractivity (Wildman–Crippen MR) is 61.5 cm³/mol. The number of nitrogens with one attached hydrogen (secondary N) is 1. The van der Waals surface area contributed by atoms with Crippen molar-refractivity contribution in [3.8, 4) is 0 Å². The standard InChI is InChI=1S/C12H19FN2O/c1-3-6-14-8-5-12(2,16)10-4-7-15-9-11(10)13/h4,7,9,14,16H,3,5-6,8H2,1-2H3. The van der Waals surface area contributed by atoms with Crippen LogP contribution in [0, 0.1) is 5.82 Å². The molecule has 1 unspecified atom stereocenters. The van der Waals surface area contributed by atoms with Crippen molar-refractivity contribution in [2.75, 3.05) is 13.1 Å². The third-order valence-electron chi connectivity index (χ3n) is 2.57. The number of halogens is 1. The third-order valence-corrected chi connectivity index (χ3v) is 2.57. The van der Waals surface area contributed by atoms with Crippen LogP contribution in [-0.2, 0) is 5.60 Å². The average Bonchev–Trinajstić information content (AvgIpc) is 2.25. The Bertz CT molecular complexity index is 329. The molecule has 16 heavy (non-hydrogen) atoms. The van der Waals surface area contributed by atoms with Crippen molar-refractivity contribution in [2.45, 2.75) is 32.3 Å². The lowest BCUT2D eigenvalue weighted by atomic mass is 9.93. The molecule has 0 radical (unpaired) electrons. The van der Waals surface area contributed by atoms with Gasteiger partial charge in [0.25, 0.3) is 0 Å². The lowest BCUT2D eigenvalue weighted by Crippen LogP contribution is -2.29. The first-order valence-electron chi connectivity index (χ1n) is 5.61. The van der Waals surface area contributed by atoms with Gasteiger partial charge < -0.3 is 10.4 Å². The highest BCUT2D eigenvalue weighted by Crippen LogP contribution is 2.25. The molecule has 0 aromatic carbocycles. The molecule has 0 bridgehead atoms. The summed E-state index contributed by atoms with van der Waals surface area (Å²) < 4.78 is 13.4. The highest BCUT2D eigenvalue weighted by Gasteiger charge is 2.25. The fourth-order valence-corrected chi connectivity index (χ4v) is 1.58. The van der Waals surface area contributed by atoms with Gasteiger partial charge in [0.1, 0.15) is 5.82 Å². The van der Waals surface area contributed by atoms with E-state index in [1.165, 1.54) is 12.3 Å². The van der Waals surface area contributed by atoms with Crippen LogP contribution in [0.1, 0.15) is 32.3 Å². The summed E-state index contributed by atoms with van der Waals surface area (Å²) in [6.07, 6.45) is 4.15. The Morgan fingerprint density at radius 3 is 2.88 bits per heavy atom. The first kappa shape index (κ1) is 13.1. The largest absolute Gasteiger partial charge is 0.385 e. The third kappa shape index (κ3) is 3.54. The Kier molecular flexibility index (Phi) is 4.83. The van der Waals surface area contributed by atoms with Crippen molar-refractivity contribution in [3.63, 3.8) is 0 Å². The molecule has 0 saturated carbocycles.